The average molecular weight is 271 g/mol. The monoisotopic (exact) mass is 271 g/mol. The summed E-state index contributed by atoms with van der Waals surface area (Å²) >= 11 is 0. The Labute approximate surface area is 114 Å². The molecule has 2 aromatic rings. The third kappa shape index (κ3) is 3.70. The molecule has 0 radical (unpaired) electrons. The van der Waals surface area contributed by atoms with E-state index in [1.165, 1.54) is 0 Å². The zero-order valence-electron chi connectivity index (χ0n) is 11.6. The number of aromatic nitrogens is 3. The second kappa shape index (κ2) is 5.29. The predicted molar refractivity (Wildman–Crippen MR) is 78.1 cm³/mol. The summed E-state index contributed by atoms with van der Waals surface area (Å²) in [5, 5.41) is 8.15. The highest BCUT2D eigenvalue weighted by atomic mass is 28.3. The summed E-state index contributed by atoms with van der Waals surface area (Å²) in [5.74, 6) is 3.91. The van der Waals surface area contributed by atoms with Crippen LogP contribution in [0.1, 0.15) is 5.69 Å². The number of hydrogen-bond donors (Lipinski definition) is 0. The van der Waals surface area contributed by atoms with Gasteiger partial charge in [-0.3, -0.25) is 0 Å². The summed E-state index contributed by atoms with van der Waals surface area (Å²) < 4.78 is 6.84. The van der Waals surface area contributed by atoms with Gasteiger partial charge in [-0.05, 0) is 24.3 Å². The van der Waals surface area contributed by atoms with E-state index >= 15 is 0 Å². The quantitative estimate of drug-likeness (QED) is 0.622. The maximum atomic E-state index is 5.12. The highest BCUT2D eigenvalue weighted by molar-refractivity contribution is 6.83. The van der Waals surface area contributed by atoms with Crippen molar-refractivity contribution in [3.8, 4) is 22.9 Å². The molecule has 0 saturated carbocycles. The molecule has 0 atom stereocenters. The summed E-state index contributed by atoms with van der Waals surface area (Å²) in [5.41, 5.74) is 4.92. The molecule has 0 aliphatic carbocycles. The van der Waals surface area contributed by atoms with Crippen molar-refractivity contribution in [3.05, 3.63) is 36.2 Å². The van der Waals surface area contributed by atoms with E-state index in [4.69, 9.17) is 4.74 Å². The van der Waals surface area contributed by atoms with Gasteiger partial charge in [0.05, 0.1) is 19.0 Å². The Morgan fingerprint density at radius 1 is 1.16 bits per heavy atom. The van der Waals surface area contributed by atoms with Crippen molar-refractivity contribution in [1.29, 1.82) is 0 Å². The Kier molecular flexibility index (Phi) is 3.72. The van der Waals surface area contributed by atoms with Crippen LogP contribution < -0.4 is 4.74 Å². The summed E-state index contributed by atoms with van der Waals surface area (Å²) in [6, 6.07) is 7.65. The fourth-order valence-corrected chi connectivity index (χ4v) is 1.94. The van der Waals surface area contributed by atoms with Gasteiger partial charge in [-0.2, -0.15) is 0 Å². The highest BCUT2D eigenvalue weighted by Gasteiger charge is 2.08. The van der Waals surface area contributed by atoms with Crippen LogP contribution in [0, 0.1) is 11.5 Å². The Morgan fingerprint density at radius 3 is 2.42 bits per heavy atom. The zero-order chi connectivity index (χ0) is 13.9. The predicted octanol–water partition coefficient (Wildman–Crippen LogP) is 2.50. The molecule has 0 N–H and O–H groups in total. The molecule has 19 heavy (non-hydrogen) atoms. The van der Waals surface area contributed by atoms with Crippen molar-refractivity contribution < 1.29 is 4.74 Å². The molecular weight excluding hydrogens is 254 g/mol. The van der Waals surface area contributed by atoms with E-state index in [2.05, 4.69) is 41.4 Å². The van der Waals surface area contributed by atoms with Crippen molar-refractivity contribution in [2.45, 2.75) is 19.6 Å². The van der Waals surface area contributed by atoms with Crippen LogP contribution >= 0.6 is 0 Å². The van der Waals surface area contributed by atoms with Gasteiger partial charge < -0.3 is 4.74 Å². The van der Waals surface area contributed by atoms with Crippen molar-refractivity contribution in [2.75, 3.05) is 7.11 Å². The Morgan fingerprint density at radius 2 is 1.84 bits per heavy atom. The number of ether oxygens (including phenoxy) is 1. The van der Waals surface area contributed by atoms with Gasteiger partial charge >= 0.3 is 0 Å². The number of methoxy groups -OCH3 is 1. The van der Waals surface area contributed by atoms with Gasteiger partial charge in [0, 0.05) is 0 Å². The SMILES string of the molecule is COc1ccc(-n2cc(C#C[Si](C)(C)C)nn2)cc1. The number of nitrogens with zero attached hydrogens (tertiary/aromatic N) is 3. The first kappa shape index (κ1) is 13.4. The maximum Gasteiger partial charge on any atom is 0.155 e. The van der Waals surface area contributed by atoms with Gasteiger partial charge in [-0.15, -0.1) is 10.6 Å². The van der Waals surface area contributed by atoms with Gasteiger partial charge in [0.2, 0.25) is 0 Å². The largest absolute Gasteiger partial charge is 0.497 e. The fraction of sp³-hybridized carbons (Fsp3) is 0.286. The normalized spacial score (nSPS) is 10.7. The molecule has 1 aromatic heterocycles. The van der Waals surface area contributed by atoms with Gasteiger partial charge in [-0.25, -0.2) is 4.68 Å². The number of rotatable bonds is 2. The molecule has 98 valence electrons. The third-order valence-corrected chi connectivity index (χ3v) is 3.27. The van der Waals surface area contributed by atoms with E-state index in [0.29, 0.717) is 5.69 Å². The van der Waals surface area contributed by atoms with E-state index < -0.39 is 8.07 Å². The van der Waals surface area contributed by atoms with Crippen LogP contribution in [0.4, 0.5) is 0 Å². The fourth-order valence-electron chi connectivity index (χ4n) is 1.43. The highest BCUT2D eigenvalue weighted by Crippen LogP contribution is 2.14. The lowest BCUT2D eigenvalue weighted by molar-refractivity contribution is 0.414. The summed E-state index contributed by atoms with van der Waals surface area (Å²) in [6.07, 6.45) is 1.84. The molecule has 0 spiro atoms. The van der Waals surface area contributed by atoms with E-state index in [9.17, 15) is 0 Å². The Balaban J connectivity index is 2.22. The standard InChI is InChI=1S/C14H17N3OSi/c1-18-14-7-5-13(6-8-14)17-11-12(15-16-17)9-10-19(2,3)4/h5-8,11H,1-4H3. The van der Waals surface area contributed by atoms with Crippen LogP contribution in [0.3, 0.4) is 0 Å². The average Bonchev–Trinajstić information content (AvgIpc) is 2.84. The lowest BCUT2D eigenvalue weighted by Gasteiger charge is -2.02. The van der Waals surface area contributed by atoms with Crippen LogP contribution in [0.15, 0.2) is 30.5 Å². The molecule has 0 aliphatic heterocycles. The van der Waals surface area contributed by atoms with Crippen molar-refractivity contribution >= 4 is 8.07 Å². The molecule has 4 nitrogen and oxygen atoms in total. The first-order chi connectivity index (χ1) is 8.98. The van der Waals surface area contributed by atoms with E-state index in [-0.39, 0.29) is 0 Å². The van der Waals surface area contributed by atoms with Crippen molar-refractivity contribution in [3.63, 3.8) is 0 Å². The zero-order valence-corrected chi connectivity index (χ0v) is 12.6. The molecule has 0 fully saturated rings. The minimum atomic E-state index is -1.38. The molecule has 2 rings (SSSR count). The van der Waals surface area contributed by atoms with Crippen molar-refractivity contribution in [1.82, 2.24) is 15.0 Å². The van der Waals surface area contributed by atoms with Crippen LogP contribution in [-0.4, -0.2) is 30.2 Å². The molecule has 0 unspecified atom stereocenters. The molecule has 1 aromatic carbocycles. The lowest BCUT2D eigenvalue weighted by Crippen LogP contribution is -2.16. The van der Waals surface area contributed by atoms with Crippen molar-refractivity contribution in [2.24, 2.45) is 0 Å². The van der Waals surface area contributed by atoms with E-state index in [1.807, 2.05) is 30.5 Å². The molecule has 0 bridgehead atoms. The van der Waals surface area contributed by atoms with E-state index in [0.717, 1.165) is 11.4 Å². The van der Waals surface area contributed by atoms with E-state index in [1.54, 1.807) is 11.8 Å². The minimum Gasteiger partial charge on any atom is -0.497 e. The Hall–Kier alpha value is -2.06. The van der Waals surface area contributed by atoms with Gasteiger partial charge in [0.1, 0.15) is 13.8 Å². The van der Waals surface area contributed by atoms with Gasteiger partial charge in [0.15, 0.2) is 5.69 Å². The van der Waals surface area contributed by atoms with Gasteiger partial charge in [0.25, 0.3) is 0 Å². The first-order valence-corrected chi connectivity index (χ1v) is 9.58. The summed E-state index contributed by atoms with van der Waals surface area (Å²) in [7, 11) is 0.270. The van der Waals surface area contributed by atoms with Crippen LogP contribution in [0.2, 0.25) is 19.6 Å². The molecule has 1 heterocycles. The third-order valence-electron chi connectivity index (χ3n) is 2.40. The molecule has 5 heteroatoms. The minimum absolute atomic E-state index is 0.707. The second-order valence-electron chi connectivity index (χ2n) is 5.25. The molecule has 0 amide bonds. The first-order valence-electron chi connectivity index (χ1n) is 6.08. The summed E-state index contributed by atoms with van der Waals surface area (Å²) in [6.45, 7) is 6.61. The Bertz CT molecular complexity index is 615. The van der Waals surface area contributed by atoms with Crippen LogP contribution in [0.5, 0.6) is 5.75 Å². The van der Waals surface area contributed by atoms with Crippen LogP contribution in [0.25, 0.3) is 5.69 Å². The van der Waals surface area contributed by atoms with Crippen LogP contribution in [-0.2, 0) is 0 Å². The summed E-state index contributed by atoms with van der Waals surface area (Å²) in [4.78, 5) is 0. The smallest absolute Gasteiger partial charge is 0.155 e. The number of hydrogen-bond acceptors (Lipinski definition) is 3. The molecule has 0 saturated heterocycles. The second-order valence-corrected chi connectivity index (χ2v) is 10.00. The molecule has 0 aliphatic rings. The maximum absolute atomic E-state index is 5.12. The number of benzene rings is 1. The molecular formula is C14H17N3OSi. The lowest BCUT2D eigenvalue weighted by atomic mass is 10.3. The van der Waals surface area contributed by atoms with Gasteiger partial charge in [-0.1, -0.05) is 30.8 Å². The topological polar surface area (TPSA) is 39.9 Å².